The first kappa shape index (κ1) is 75.5. The zero-order valence-electron chi connectivity index (χ0n) is 63.4. The molecular formula is C83H160. The van der Waals surface area contributed by atoms with Crippen LogP contribution in [0.15, 0.2) is 0 Å². The summed E-state index contributed by atoms with van der Waals surface area (Å²) < 4.78 is 0. The molecule has 11 aliphatic carbocycles. The van der Waals surface area contributed by atoms with Crippen LogP contribution in [-0.2, 0) is 0 Å². The first-order valence-corrected chi connectivity index (χ1v) is 37.5. The molecule has 0 saturated heterocycles. The Kier molecular flexibility index (Phi) is 26.4. The molecule has 11 aliphatic rings. The number of fused-ring (bicyclic) bond motifs is 6. The third-order valence-corrected chi connectivity index (χ3v) is 27.1. The van der Waals surface area contributed by atoms with Crippen molar-refractivity contribution in [3.63, 3.8) is 0 Å². The predicted octanol–water partition coefficient (Wildman–Crippen LogP) is 28.0. The Labute approximate surface area is 527 Å². The standard InChI is InChI=1S/2C12H24.2C11H22.C10H18.2C9H16.C9H18/c1-10(2)7-11(3,4)9-12(5,6)8-10;1-6-10-7-11(2,3)9-12(4,5)8-10;1-9-6-10(2,3)8-11(4,5)7-9;1-9-10(2,3)7-6-8-11(9,4)5;1-7-8-4-5-9(6-8)10(7,2)3;1-6-7(2)9-4-3-8(6)5-9;1-2-8-5-7-3-4-9(8)6-7;1-8-4-6-9(2,3)7-5-8/h7-9H2,1-6H3;10H,6-9H2,1-5H3;2*9H,6-8H2,1-5H3;7-9H,4-6H2,1-3H3;6-9H,3-5H2,1-2H3;7-9H,2-6H2,1H3;8H,4-7H2,1-3H3/t;;;;7-,8?,9?;6-,7?,8?,9?;;/m....10../s1. The minimum Gasteiger partial charge on any atom is -0.0651 e. The normalized spacial score (nSPS) is 37.2. The maximum absolute atomic E-state index is 2.46. The molecule has 0 heterocycles. The molecule has 0 nitrogen and oxygen atoms in total. The van der Waals surface area contributed by atoms with Gasteiger partial charge in [0.05, 0.1) is 0 Å². The van der Waals surface area contributed by atoms with Crippen molar-refractivity contribution in [3.05, 3.63) is 0 Å². The second-order valence-corrected chi connectivity index (χ2v) is 41.9. The highest BCUT2D eigenvalue weighted by Crippen LogP contribution is 2.60. The quantitative estimate of drug-likeness (QED) is 0.259. The largest absolute Gasteiger partial charge is 0.0651 e. The van der Waals surface area contributed by atoms with Crippen LogP contribution >= 0.6 is 0 Å². The van der Waals surface area contributed by atoms with Crippen LogP contribution in [0.5, 0.6) is 0 Å². The van der Waals surface area contributed by atoms with Gasteiger partial charge in [-0.2, -0.15) is 0 Å². The highest BCUT2D eigenvalue weighted by molar-refractivity contribution is 5.00. The van der Waals surface area contributed by atoms with Crippen molar-refractivity contribution in [2.45, 2.75) is 387 Å². The number of hydrogen-bond acceptors (Lipinski definition) is 0. The fourth-order valence-corrected chi connectivity index (χ4v) is 23.7. The van der Waals surface area contributed by atoms with Crippen LogP contribution in [0.4, 0.5) is 0 Å². The zero-order chi connectivity index (χ0) is 63.4. The maximum Gasteiger partial charge on any atom is -0.0297 e. The predicted molar refractivity (Wildman–Crippen MR) is 375 cm³/mol. The minimum atomic E-state index is 0.547. The van der Waals surface area contributed by atoms with E-state index in [0.717, 1.165) is 82.9 Å². The molecule has 0 spiro atoms. The zero-order valence-corrected chi connectivity index (χ0v) is 63.4. The third-order valence-electron chi connectivity index (χ3n) is 27.1. The van der Waals surface area contributed by atoms with Gasteiger partial charge >= 0.3 is 0 Å². The molecule has 0 N–H and O–H groups in total. The molecule has 0 radical (unpaired) electrons. The monoisotopic (exact) mass is 1160 g/mol. The van der Waals surface area contributed by atoms with E-state index in [1.165, 1.54) is 148 Å². The highest BCUT2D eigenvalue weighted by atomic mass is 14.6. The van der Waals surface area contributed by atoms with Crippen LogP contribution in [0.3, 0.4) is 0 Å². The van der Waals surface area contributed by atoms with E-state index >= 15 is 0 Å². The van der Waals surface area contributed by atoms with E-state index in [-0.39, 0.29) is 0 Å². The molecule has 0 aliphatic heterocycles. The fourth-order valence-electron chi connectivity index (χ4n) is 23.7. The van der Waals surface area contributed by atoms with Crippen LogP contribution in [0.1, 0.15) is 387 Å². The Hall–Kier alpha value is 0. The van der Waals surface area contributed by atoms with Gasteiger partial charge in [-0.05, 0) is 284 Å². The Balaban J connectivity index is 0.000000204. The molecule has 0 heteroatoms. The summed E-state index contributed by atoms with van der Waals surface area (Å²) >= 11 is 0. The summed E-state index contributed by atoms with van der Waals surface area (Å²) in [4.78, 5) is 0. The second kappa shape index (κ2) is 29.1. The SMILES string of the molecule is CC1(C)CC(C)(C)CC(C)(C)C1.CC1C(C)(C)CCCC1(C)C.CC1C2CCC(C2)[C@H]1C.CC1CC(C)(C)CC(C)(C)C1.CC1CCC(C)(C)CC1.CCC1CC(C)(C)CC(C)(C)C1.CCC1CC2CCC1C2.C[C@@H]1C2CCC(C2)C1(C)C. The summed E-state index contributed by atoms with van der Waals surface area (Å²) in [5.74, 6) is 14.7. The van der Waals surface area contributed by atoms with Crippen molar-refractivity contribution >= 4 is 0 Å². The summed E-state index contributed by atoms with van der Waals surface area (Å²) in [6.45, 7) is 72.4. The van der Waals surface area contributed by atoms with Gasteiger partial charge in [-0.3, -0.25) is 0 Å². The van der Waals surface area contributed by atoms with Gasteiger partial charge in [-0.15, -0.1) is 0 Å². The lowest BCUT2D eigenvalue weighted by Crippen LogP contribution is -2.38. The summed E-state index contributed by atoms with van der Waals surface area (Å²) in [6.07, 6.45) is 40.9. The lowest BCUT2D eigenvalue weighted by Gasteiger charge is -2.49. The van der Waals surface area contributed by atoms with Gasteiger partial charge in [0.2, 0.25) is 0 Å². The van der Waals surface area contributed by atoms with E-state index in [1.54, 1.807) is 32.1 Å². The summed E-state index contributed by atoms with van der Waals surface area (Å²) in [5, 5.41) is 0. The molecular weight excluding hydrogens is 997 g/mol. The van der Waals surface area contributed by atoms with Crippen molar-refractivity contribution in [2.75, 3.05) is 0 Å². The molecule has 11 saturated carbocycles. The van der Waals surface area contributed by atoms with Crippen molar-refractivity contribution in [3.8, 4) is 0 Å². The molecule has 0 amide bonds. The van der Waals surface area contributed by atoms with Crippen molar-refractivity contribution in [1.29, 1.82) is 0 Å². The fraction of sp³-hybridized carbons (Fsp3) is 1.00. The third kappa shape index (κ3) is 23.6. The molecule has 8 unspecified atom stereocenters. The van der Waals surface area contributed by atoms with Crippen molar-refractivity contribution in [1.82, 2.24) is 0 Å². The van der Waals surface area contributed by atoms with E-state index in [1.807, 2.05) is 0 Å². The van der Waals surface area contributed by atoms with Crippen molar-refractivity contribution in [2.24, 2.45) is 142 Å². The average molecular weight is 1160 g/mol. The Morgan fingerprint density at radius 3 is 0.988 bits per heavy atom. The second-order valence-electron chi connectivity index (χ2n) is 41.9. The summed E-state index contributed by atoms with van der Waals surface area (Å²) in [6, 6.07) is 0. The van der Waals surface area contributed by atoms with E-state index in [9.17, 15) is 0 Å². The van der Waals surface area contributed by atoms with Crippen LogP contribution < -0.4 is 0 Å². The van der Waals surface area contributed by atoms with Crippen LogP contribution in [-0.4, -0.2) is 0 Å². The lowest BCUT2D eigenvalue weighted by atomic mass is 9.56. The smallest absolute Gasteiger partial charge is 0.0297 e. The first-order chi connectivity index (χ1) is 37.5. The van der Waals surface area contributed by atoms with Crippen molar-refractivity contribution < 1.29 is 0 Å². The van der Waals surface area contributed by atoms with E-state index in [4.69, 9.17) is 0 Å². The lowest BCUT2D eigenvalue weighted by molar-refractivity contribution is 0.0202. The van der Waals surface area contributed by atoms with Crippen LogP contribution in [0.2, 0.25) is 0 Å². The van der Waals surface area contributed by atoms with Gasteiger partial charge in [0.25, 0.3) is 0 Å². The average Bonchev–Trinajstić information content (AvgIpc) is 4.35. The molecule has 11 rings (SSSR count). The van der Waals surface area contributed by atoms with Gasteiger partial charge in [0.15, 0.2) is 0 Å². The molecule has 0 aromatic rings. The topological polar surface area (TPSA) is 0 Å². The number of rotatable bonds is 2. The van der Waals surface area contributed by atoms with Gasteiger partial charge < -0.3 is 0 Å². The maximum atomic E-state index is 2.46. The van der Waals surface area contributed by atoms with Gasteiger partial charge in [0, 0.05) is 0 Å². The van der Waals surface area contributed by atoms with Gasteiger partial charge in [-0.25, -0.2) is 0 Å². The Morgan fingerprint density at radius 1 is 0.325 bits per heavy atom. The molecule has 83 heavy (non-hydrogen) atoms. The first-order valence-electron chi connectivity index (χ1n) is 37.5. The molecule has 10 atom stereocenters. The summed E-state index contributed by atoms with van der Waals surface area (Å²) in [5.41, 5.74) is 6.45. The minimum absolute atomic E-state index is 0.547. The Bertz CT molecular complexity index is 1750. The van der Waals surface area contributed by atoms with Crippen LogP contribution in [0, 0.1) is 142 Å². The molecule has 0 aromatic heterocycles. The van der Waals surface area contributed by atoms with E-state index < -0.39 is 0 Å². The van der Waals surface area contributed by atoms with Gasteiger partial charge in [-0.1, -0.05) is 246 Å². The van der Waals surface area contributed by atoms with Crippen LogP contribution in [0.25, 0.3) is 0 Å². The van der Waals surface area contributed by atoms with E-state index in [2.05, 4.69) is 208 Å². The molecule has 492 valence electrons. The molecule has 11 fully saturated rings. The molecule has 6 bridgehead atoms. The molecule has 0 aromatic carbocycles. The van der Waals surface area contributed by atoms with Gasteiger partial charge in [0.1, 0.15) is 0 Å². The van der Waals surface area contributed by atoms with E-state index in [0.29, 0.717) is 59.6 Å². The summed E-state index contributed by atoms with van der Waals surface area (Å²) in [7, 11) is 0. The Morgan fingerprint density at radius 2 is 0.723 bits per heavy atom. The number of hydrogen-bond donors (Lipinski definition) is 0. The highest BCUT2D eigenvalue weighted by Gasteiger charge is 2.50.